The van der Waals surface area contributed by atoms with Gasteiger partial charge in [-0.1, -0.05) is 6.42 Å². The quantitative estimate of drug-likeness (QED) is 0.691. The number of carboxylic acids is 1. The maximum atomic E-state index is 11.7. The molecule has 2 N–H and O–H groups in total. The molecule has 0 bridgehead atoms. The van der Waals surface area contributed by atoms with Crippen LogP contribution in [-0.4, -0.2) is 44.5 Å². The van der Waals surface area contributed by atoms with Crippen molar-refractivity contribution in [3.63, 3.8) is 0 Å². The number of sulfonamides is 1. The van der Waals surface area contributed by atoms with Crippen LogP contribution in [0.4, 0.5) is 0 Å². The number of hydrogen-bond donors (Lipinski definition) is 2. The Labute approximate surface area is 114 Å². The molecule has 1 aliphatic rings. The van der Waals surface area contributed by atoms with Gasteiger partial charge >= 0.3 is 5.97 Å². The van der Waals surface area contributed by atoms with Crippen LogP contribution in [0.3, 0.4) is 0 Å². The summed E-state index contributed by atoms with van der Waals surface area (Å²) in [5.41, 5.74) is 0. The van der Waals surface area contributed by atoms with E-state index in [4.69, 9.17) is 9.84 Å². The lowest BCUT2D eigenvalue weighted by Crippen LogP contribution is -2.35. The SMILES string of the molecule is CC(C)OCCS(=O)(=O)NCC1CCCC1C(=O)O. The van der Waals surface area contributed by atoms with E-state index in [2.05, 4.69) is 4.72 Å². The third-order valence-corrected chi connectivity index (χ3v) is 4.66. The van der Waals surface area contributed by atoms with E-state index in [0.717, 1.165) is 12.8 Å². The summed E-state index contributed by atoms with van der Waals surface area (Å²) in [5, 5.41) is 9.02. The predicted molar refractivity (Wildman–Crippen MR) is 71.3 cm³/mol. The molecule has 0 aromatic rings. The first-order valence-electron chi connectivity index (χ1n) is 6.63. The summed E-state index contributed by atoms with van der Waals surface area (Å²) < 4.78 is 31.1. The number of rotatable bonds is 8. The van der Waals surface area contributed by atoms with Gasteiger partial charge in [-0.3, -0.25) is 4.79 Å². The van der Waals surface area contributed by atoms with Gasteiger partial charge in [-0.2, -0.15) is 0 Å². The Morgan fingerprint density at radius 3 is 2.68 bits per heavy atom. The summed E-state index contributed by atoms with van der Waals surface area (Å²) in [6, 6.07) is 0. The van der Waals surface area contributed by atoms with E-state index in [-0.39, 0.29) is 30.9 Å². The molecular formula is C12H23NO5S. The number of hydrogen-bond acceptors (Lipinski definition) is 4. The Kier molecular flexibility index (Phi) is 6.22. The zero-order valence-corrected chi connectivity index (χ0v) is 12.3. The van der Waals surface area contributed by atoms with Gasteiger partial charge in [-0.05, 0) is 32.6 Å². The van der Waals surface area contributed by atoms with E-state index in [1.165, 1.54) is 0 Å². The Morgan fingerprint density at radius 2 is 2.11 bits per heavy atom. The number of ether oxygens (including phenoxy) is 1. The first-order valence-corrected chi connectivity index (χ1v) is 8.29. The fourth-order valence-corrected chi connectivity index (χ4v) is 3.23. The minimum atomic E-state index is -3.38. The average molecular weight is 293 g/mol. The first-order chi connectivity index (χ1) is 8.82. The van der Waals surface area contributed by atoms with Crippen LogP contribution >= 0.6 is 0 Å². The average Bonchev–Trinajstić information content (AvgIpc) is 2.73. The lowest BCUT2D eigenvalue weighted by Gasteiger charge is -2.16. The molecule has 0 amide bonds. The van der Waals surface area contributed by atoms with Crippen LogP contribution in [0.5, 0.6) is 0 Å². The fourth-order valence-electron chi connectivity index (χ4n) is 2.31. The topological polar surface area (TPSA) is 92.7 Å². The molecular weight excluding hydrogens is 270 g/mol. The highest BCUT2D eigenvalue weighted by atomic mass is 32.2. The van der Waals surface area contributed by atoms with Crippen molar-refractivity contribution in [1.82, 2.24) is 4.72 Å². The molecule has 2 atom stereocenters. The second kappa shape index (κ2) is 7.21. The van der Waals surface area contributed by atoms with Crippen molar-refractivity contribution >= 4 is 16.0 Å². The zero-order chi connectivity index (χ0) is 14.5. The second-order valence-corrected chi connectivity index (χ2v) is 7.15. The summed E-state index contributed by atoms with van der Waals surface area (Å²) in [6.45, 7) is 4.05. The van der Waals surface area contributed by atoms with Gasteiger partial charge in [-0.15, -0.1) is 0 Å². The van der Waals surface area contributed by atoms with Crippen LogP contribution < -0.4 is 4.72 Å². The van der Waals surface area contributed by atoms with Crippen molar-refractivity contribution in [2.75, 3.05) is 18.9 Å². The van der Waals surface area contributed by atoms with Crippen LogP contribution in [0, 0.1) is 11.8 Å². The highest BCUT2D eigenvalue weighted by Crippen LogP contribution is 2.31. The Balaban J connectivity index is 2.36. The summed E-state index contributed by atoms with van der Waals surface area (Å²) >= 11 is 0. The molecule has 1 aliphatic carbocycles. The lowest BCUT2D eigenvalue weighted by atomic mass is 9.97. The van der Waals surface area contributed by atoms with Crippen LogP contribution in [0.1, 0.15) is 33.1 Å². The minimum Gasteiger partial charge on any atom is -0.481 e. The van der Waals surface area contributed by atoms with Gasteiger partial charge in [0.25, 0.3) is 0 Å². The molecule has 2 unspecified atom stereocenters. The molecule has 112 valence electrons. The van der Waals surface area contributed by atoms with Crippen molar-refractivity contribution in [2.24, 2.45) is 11.8 Å². The molecule has 7 heteroatoms. The van der Waals surface area contributed by atoms with Crippen LogP contribution in [0.25, 0.3) is 0 Å². The van der Waals surface area contributed by atoms with Crippen LogP contribution in [0.2, 0.25) is 0 Å². The Morgan fingerprint density at radius 1 is 1.42 bits per heavy atom. The molecule has 0 aromatic carbocycles. The zero-order valence-electron chi connectivity index (χ0n) is 11.5. The molecule has 1 fully saturated rings. The van der Waals surface area contributed by atoms with Gasteiger partial charge in [0.15, 0.2) is 0 Å². The molecule has 0 aromatic heterocycles. The van der Waals surface area contributed by atoms with E-state index in [1.54, 1.807) is 0 Å². The van der Waals surface area contributed by atoms with Crippen LogP contribution in [-0.2, 0) is 19.6 Å². The third-order valence-electron chi connectivity index (χ3n) is 3.34. The number of nitrogens with one attached hydrogen (secondary N) is 1. The molecule has 1 rings (SSSR count). The van der Waals surface area contributed by atoms with E-state index >= 15 is 0 Å². The minimum absolute atomic E-state index is 0.00132. The second-order valence-electron chi connectivity index (χ2n) is 5.22. The molecule has 1 saturated carbocycles. The van der Waals surface area contributed by atoms with Crippen molar-refractivity contribution < 1.29 is 23.1 Å². The molecule has 6 nitrogen and oxygen atoms in total. The Hall–Kier alpha value is -0.660. The first kappa shape index (κ1) is 16.4. The van der Waals surface area contributed by atoms with Gasteiger partial charge < -0.3 is 9.84 Å². The van der Waals surface area contributed by atoms with E-state index < -0.39 is 21.9 Å². The number of carbonyl (C=O) groups is 1. The van der Waals surface area contributed by atoms with Crippen molar-refractivity contribution in [3.8, 4) is 0 Å². The van der Waals surface area contributed by atoms with E-state index in [1.807, 2.05) is 13.8 Å². The fraction of sp³-hybridized carbons (Fsp3) is 0.917. The highest BCUT2D eigenvalue weighted by molar-refractivity contribution is 7.89. The van der Waals surface area contributed by atoms with Gasteiger partial charge in [0.2, 0.25) is 10.0 Å². The molecule has 19 heavy (non-hydrogen) atoms. The van der Waals surface area contributed by atoms with Crippen molar-refractivity contribution in [3.05, 3.63) is 0 Å². The summed E-state index contributed by atoms with van der Waals surface area (Å²) in [6.07, 6.45) is 2.25. The molecule has 0 heterocycles. The monoisotopic (exact) mass is 293 g/mol. The normalized spacial score (nSPS) is 23.9. The highest BCUT2D eigenvalue weighted by Gasteiger charge is 2.33. The number of aliphatic carboxylic acids is 1. The molecule has 0 radical (unpaired) electrons. The molecule has 0 spiro atoms. The van der Waals surface area contributed by atoms with Gasteiger partial charge in [0.05, 0.1) is 24.4 Å². The lowest BCUT2D eigenvalue weighted by molar-refractivity contribution is -0.142. The molecule has 0 saturated heterocycles. The Bertz CT molecular complexity index is 393. The standard InChI is InChI=1S/C12H23NO5S/c1-9(2)18-6-7-19(16,17)13-8-10-4-3-5-11(10)12(14)15/h9-11,13H,3-8H2,1-2H3,(H,14,15). The maximum absolute atomic E-state index is 11.7. The van der Waals surface area contributed by atoms with Crippen LogP contribution in [0.15, 0.2) is 0 Å². The summed E-state index contributed by atoms with van der Waals surface area (Å²) in [4.78, 5) is 11.0. The molecule has 0 aliphatic heterocycles. The van der Waals surface area contributed by atoms with E-state index in [9.17, 15) is 13.2 Å². The van der Waals surface area contributed by atoms with E-state index in [0.29, 0.717) is 6.42 Å². The van der Waals surface area contributed by atoms with Gasteiger partial charge in [-0.25, -0.2) is 13.1 Å². The van der Waals surface area contributed by atoms with Crippen molar-refractivity contribution in [1.29, 1.82) is 0 Å². The summed E-state index contributed by atoms with van der Waals surface area (Å²) in [7, 11) is -3.38. The summed E-state index contributed by atoms with van der Waals surface area (Å²) in [5.74, 6) is -1.44. The maximum Gasteiger partial charge on any atom is 0.306 e. The predicted octanol–water partition coefficient (Wildman–Crippen LogP) is 0.832. The smallest absolute Gasteiger partial charge is 0.306 e. The number of carboxylic acid groups (broad SMARTS) is 1. The van der Waals surface area contributed by atoms with Crippen molar-refractivity contribution in [2.45, 2.75) is 39.2 Å². The largest absolute Gasteiger partial charge is 0.481 e. The third kappa shape index (κ3) is 5.88. The van der Waals surface area contributed by atoms with Gasteiger partial charge in [0, 0.05) is 6.54 Å². The van der Waals surface area contributed by atoms with Gasteiger partial charge in [0.1, 0.15) is 0 Å².